The summed E-state index contributed by atoms with van der Waals surface area (Å²) in [6.07, 6.45) is 4.06. The minimum absolute atomic E-state index is 0. The van der Waals surface area contributed by atoms with Crippen LogP contribution >= 0.6 is 23.2 Å². The number of ether oxygens (including phenoxy) is 2. The average molecular weight is 971 g/mol. The van der Waals surface area contributed by atoms with Gasteiger partial charge in [-0.25, -0.2) is 14.8 Å². The van der Waals surface area contributed by atoms with Crippen molar-refractivity contribution < 1.29 is 51.1 Å². The minimum atomic E-state index is -0.898. The molecule has 0 unspecified atom stereocenters. The van der Waals surface area contributed by atoms with Gasteiger partial charge in [0.05, 0.1) is 49.8 Å². The summed E-state index contributed by atoms with van der Waals surface area (Å²) in [4.78, 5) is 54.9. The van der Waals surface area contributed by atoms with E-state index < -0.39 is 17.9 Å². The number of hydrogen-bond acceptors (Lipinski definition) is 8. The second-order valence-corrected chi connectivity index (χ2v) is 16.1. The molecule has 5 heterocycles. The first kappa shape index (κ1) is 50.8. The van der Waals surface area contributed by atoms with Crippen LogP contribution in [0.1, 0.15) is 101 Å². The monoisotopic (exact) mass is 969 g/mol. The molecular weight excluding hydrogens is 921 g/mol. The Balaban J connectivity index is 0.000000289. The van der Waals surface area contributed by atoms with E-state index in [9.17, 15) is 24.6 Å². The maximum Gasteiger partial charge on any atom is 2.00 e. The molecule has 5 aromatic rings. The number of aryl methyl sites for hydroxylation is 4. The van der Waals surface area contributed by atoms with Gasteiger partial charge >= 0.3 is 35.0 Å². The van der Waals surface area contributed by atoms with E-state index in [0.717, 1.165) is 67.0 Å². The van der Waals surface area contributed by atoms with Gasteiger partial charge in [-0.05, 0) is 100 Å². The normalized spacial score (nSPS) is 11.9. The molecule has 15 heteroatoms. The number of halogens is 2. The van der Waals surface area contributed by atoms with E-state index in [1.165, 1.54) is 0 Å². The number of nitrogens with one attached hydrogen (secondary N) is 1. The summed E-state index contributed by atoms with van der Waals surface area (Å²) in [5.74, 6) is -2.28. The van der Waals surface area contributed by atoms with E-state index in [1.807, 2.05) is 71.9 Å². The maximum atomic E-state index is 12.2. The van der Waals surface area contributed by atoms with Gasteiger partial charge in [0.1, 0.15) is 0 Å². The number of allylic oxidation sites excluding steroid dienone is 5. The summed E-state index contributed by atoms with van der Waals surface area (Å²) in [6, 6.07) is 18.2. The van der Waals surface area contributed by atoms with Crippen molar-refractivity contribution in [2.75, 3.05) is 18.7 Å². The molecule has 7 rings (SSSR count). The topological polar surface area (TPSA) is 176 Å². The summed E-state index contributed by atoms with van der Waals surface area (Å²) in [5.41, 5.74) is 15.0. The van der Waals surface area contributed by atoms with E-state index in [2.05, 4.69) is 18.5 Å². The van der Waals surface area contributed by atoms with Crippen LogP contribution in [-0.2, 0) is 42.6 Å². The van der Waals surface area contributed by atoms with Crippen molar-refractivity contribution in [2.45, 2.75) is 67.2 Å². The SMILES string of the molecule is C=CC1=C(C)c2cc3[n-]c(cc4nc(cc5[n-]c(cc1n2)c(C)c5C=C)C(C)=C4CCC(=O)O)c(CCC(=O)O)c3C.CCOCOC(=O)c1ccccc1Nc1c(Cl)ccc(C)c1Cl.[Fe+2]. The summed E-state index contributed by atoms with van der Waals surface area (Å²) < 4.78 is 10.1. The number of aromatic nitrogens is 4. The zero-order valence-corrected chi connectivity index (χ0v) is 40.0. The van der Waals surface area contributed by atoms with Gasteiger partial charge in [-0.1, -0.05) is 108 Å². The first-order chi connectivity index (χ1) is 31.1. The fourth-order valence-corrected chi connectivity index (χ4v) is 8.01. The van der Waals surface area contributed by atoms with E-state index in [4.69, 9.17) is 52.6 Å². The van der Waals surface area contributed by atoms with Crippen LogP contribution in [0.4, 0.5) is 11.4 Å². The van der Waals surface area contributed by atoms with Crippen LogP contribution in [0.5, 0.6) is 0 Å². The second kappa shape index (κ2) is 22.3. The Labute approximate surface area is 404 Å². The van der Waals surface area contributed by atoms with Gasteiger partial charge in [0.15, 0.2) is 6.79 Å². The molecule has 0 spiro atoms. The van der Waals surface area contributed by atoms with Crippen molar-refractivity contribution in [3.05, 3.63) is 146 Å². The molecule has 0 fully saturated rings. The van der Waals surface area contributed by atoms with E-state index >= 15 is 0 Å². The van der Waals surface area contributed by atoms with Crippen LogP contribution in [0, 0.1) is 20.8 Å². The number of benzene rings is 2. The fraction of sp³-hybridized carbons (Fsp3) is 0.235. The number of carboxylic acids is 2. The van der Waals surface area contributed by atoms with Crippen molar-refractivity contribution in [1.29, 1.82) is 0 Å². The van der Waals surface area contributed by atoms with Crippen LogP contribution in [0.15, 0.2) is 79.9 Å². The number of aliphatic carboxylic acids is 2. The number of para-hydroxylation sites is 1. The predicted molar refractivity (Wildman–Crippen MR) is 259 cm³/mol. The number of fused-ring (bicyclic) bond motifs is 8. The Kier molecular flexibility index (Phi) is 17.2. The van der Waals surface area contributed by atoms with Crippen molar-refractivity contribution in [1.82, 2.24) is 19.9 Å². The summed E-state index contributed by atoms with van der Waals surface area (Å²) >= 11 is 12.5. The Morgan fingerprint density at radius 1 is 0.758 bits per heavy atom. The van der Waals surface area contributed by atoms with Crippen LogP contribution in [0.2, 0.25) is 10.0 Å². The van der Waals surface area contributed by atoms with Gasteiger partial charge in [-0.15, -0.1) is 22.1 Å². The second-order valence-electron chi connectivity index (χ2n) is 15.4. The van der Waals surface area contributed by atoms with Gasteiger partial charge < -0.3 is 35.0 Å². The molecular formula is C51H49Cl2FeN5O7. The number of nitrogens with zero attached hydrogens (tertiary/aromatic N) is 4. The van der Waals surface area contributed by atoms with E-state index in [0.29, 0.717) is 74.4 Å². The number of rotatable bonds is 14. The third-order valence-electron chi connectivity index (χ3n) is 11.2. The number of esters is 1. The van der Waals surface area contributed by atoms with Gasteiger partial charge in [0.2, 0.25) is 0 Å². The summed E-state index contributed by atoms with van der Waals surface area (Å²) in [5, 5.41) is 23.0. The molecule has 0 radical (unpaired) electrons. The Hall–Kier alpha value is -6.21. The van der Waals surface area contributed by atoms with Crippen molar-refractivity contribution >= 4 is 103 Å². The number of anilines is 2. The molecule has 3 aromatic heterocycles. The molecule has 0 atom stereocenters. The Bertz CT molecular complexity index is 2990. The third-order valence-corrected chi connectivity index (χ3v) is 12.0. The Morgan fingerprint density at radius 3 is 2.05 bits per heavy atom. The summed E-state index contributed by atoms with van der Waals surface area (Å²) in [7, 11) is 0. The molecule has 66 heavy (non-hydrogen) atoms. The zero-order valence-electron chi connectivity index (χ0n) is 37.4. The summed E-state index contributed by atoms with van der Waals surface area (Å²) in [6.45, 7) is 20.0. The standard InChI is InChI=1S/C34H34N4O4.C17H17Cl2NO3.Fe/c1-7-21-17(3)25-13-26-19(5)23(9-11-33(39)40)31(37-26)16-32-24(10-12-34(41)42)20(6)28(38-32)15-30-22(8-2)18(4)27(36-30)14-29(21)35-25;1-3-22-10-23-17(21)12-6-4-5-7-14(12)20-16-13(18)9-8-11(2)15(16)19;/h7-8,13-16H,1-2,9-12H2,3-6H3,(H4,35,36,37,38,39,40,41,42);4-9,20H,3,10H2,1-2H3;/q;;+2/p-2. The zero-order chi connectivity index (χ0) is 47.1. The minimum Gasteiger partial charge on any atom is -0.657 e. The van der Waals surface area contributed by atoms with Gasteiger partial charge in [0, 0.05) is 25.0 Å². The van der Waals surface area contributed by atoms with Crippen LogP contribution in [-0.4, -0.2) is 51.5 Å². The van der Waals surface area contributed by atoms with Crippen LogP contribution in [0.3, 0.4) is 0 Å². The third kappa shape index (κ3) is 11.2. The van der Waals surface area contributed by atoms with Crippen molar-refractivity contribution in [3.63, 3.8) is 0 Å². The van der Waals surface area contributed by atoms with E-state index in [1.54, 1.807) is 42.5 Å². The Morgan fingerprint density at radius 2 is 1.36 bits per heavy atom. The maximum absolute atomic E-state index is 12.2. The van der Waals surface area contributed by atoms with E-state index in [-0.39, 0.29) is 36.7 Å². The fourth-order valence-electron chi connectivity index (χ4n) is 7.55. The molecule has 0 amide bonds. The van der Waals surface area contributed by atoms with Crippen molar-refractivity contribution in [3.8, 4) is 0 Å². The number of carboxylic acid groups (broad SMARTS) is 2. The molecule has 2 aliphatic rings. The largest absolute Gasteiger partial charge is 2.00 e. The number of carbonyl (C=O) groups is 3. The molecule has 8 bridgehead atoms. The van der Waals surface area contributed by atoms with Gasteiger partial charge in [-0.2, -0.15) is 0 Å². The average Bonchev–Trinajstić information content (AvgIpc) is 3.94. The van der Waals surface area contributed by atoms with Crippen molar-refractivity contribution in [2.24, 2.45) is 0 Å². The van der Waals surface area contributed by atoms with Crippen LogP contribution < -0.4 is 15.3 Å². The smallest absolute Gasteiger partial charge is 0.657 e. The molecule has 2 aliphatic heterocycles. The van der Waals surface area contributed by atoms with Gasteiger partial charge in [0.25, 0.3) is 0 Å². The quantitative estimate of drug-likeness (QED) is 0.0416. The van der Waals surface area contributed by atoms with Crippen LogP contribution in [0.25, 0.3) is 50.4 Å². The molecule has 2 aromatic carbocycles. The molecule has 3 N–H and O–H groups in total. The molecule has 0 saturated heterocycles. The first-order valence-corrected chi connectivity index (χ1v) is 21.6. The van der Waals surface area contributed by atoms with Gasteiger partial charge in [-0.3, -0.25) is 9.59 Å². The predicted octanol–water partition coefficient (Wildman–Crippen LogP) is 12.0. The number of hydrogen-bond donors (Lipinski definition) is 3. The molecule has 342 valence electrons. The molecule has 12 nitrogen and oxygen atoms in total. The molecule has 0 saturated carbocycles. The first-order valence-electron chi connectivity index (χ1n) is 20.9. The number of carbonyl (C=O) groups excluding carboxylic acids is 1. The molecule has 0 aliphatic carbocycles.